The van der Waals surface area contributed by atoms with Crippen molar-refractivity contribution in [2.24, 2.45) is 0 Å². The summed E-state index contributed by atoms with van der Waals surface area (Å²) in [4.78, 5) is 9.26. The maximum absolute atomic E-state index is 5.48. The van der Waals surface area contributed by atoms with E-state index in [2.05, 4.69) is 33.0 Å². The number of aromatic nitrogens is 1. The molecule has 1 aromatic carbocycles. The SMILES string of the molecule is c1csc(N2CCN(Cc3ccc4c(c3)COCO4)CC2)n1. The first-order valence-corrected chi connectivity index (χ1v) is 8.45. The lowest BCUT2D eigenvalue weighted by Crippen LogP contribution is -2.45. The topological polar surface area (TPSA) is 37.8 Å². The molecule has 1 fully saturated rings. The van der Waals surface area contributed by atoms with E-state index in [-0.39, 0.29) is 0 Å². The Kier molecular flexibility index (Phi) is 3.97. The van der Waals surface area contributed by atoms with E-state index < -0.39 is 0 Å². The van der Waals surface area contributed by atoms with Gasteiger partial charge in [-0.05, 0) is 17.7 Å². The molecule has 0 aliphatic carbocycles. The fourth-order valence-electron chi connectivity index (χ4n) is 2.97. The first-order valence-electron chi connectivity index (χ1n) is 7.58. The van der Waals surface area contributed by atoms with Gasteiger partial charge >= 0.3 is 0 Å². The molecular weight excluding hydrogens is 298 g/mol. The van der Waals surface area contributed by atoms with Crippen LogP contribution in [-0.4, -0.2) is 42.9 Å². The molecule has 0 unspecified atom stereocenters. The van der Waals surface area contributed by atoms with Gasteiger partial charge in [-0.2, -0.15) is 0 Å². The lowest BCUT2D eigenvalue weighted by molar-refractivity contribution is -0.0164. The van der Waals surface area contributed by atoms with E-state index in [0.717, 1.165) is 49.2 Å². The molecule has 5 nitrogen and oxygen atoms in total. The van der Waals surface area contributed by atoms with Gasteiger partial charge in [0.2, 0.25) is 0 Å². The second-order valence-corrected chi connectivity index (χ2v) is 6.50. The molecule has 3 heterocycles. The Hall–Kier alpha value is -1.63. The van der Waals surface area contributed by atoms with Crippen molar-refractivity contribution < 1.29 is 9.47 Å². The number of benzene rings is 1. The Balaban J connectivity index is 1.36. The van der Waals surface area contributed by atoms with Crippen LogP contribution < -0.4 is 9.64 Å². The summed E-state index contributed by atoms with van der Waals surface area (Å²) in [5.41, 5.74) is 2.49. The normalized spacial score (nSPS) is 18.8. The van der Waals surface area contributed by atoms with Gasteiger partial charge in [0.25, 0.3) is 0 Å². The molecule has 0 amide bonds. The van der Waals surface area contributed by atoms with Gasteiger partial charge in [-0.15, -0.1) is 11.3 Å². The van der Waals surface area contributed by atoms with Gasteiger partial charge in [-0.1, -0.05) is 6.07 Å². The highest BCUT2D eigenvalue weighted by atomic mass is 32.1. The molecule has 1 aromatic heterocycles. The van der Waals surface area contributed by atoms with Crippen LogP contribution in [0.15, 0.2) is 29.8 Å². The number of ether oxygens (including phenoxy) is 2. The molecule has 6 heteroatoms. The highest BCUT2D eigenvalue weighted by Crippen LogP contribution is 2.25. The monoisotopic (exact) mass is 317 g/mol. The van der Waals surface area contributed by atoms with E-state index in [0.29, 0.717) is 13.4 Å². The van der Waals surface area contributed by atoms with Crippen LogP contribution in [0.25, 0.3) is 0 Å². The molecule has 0 spiro atoms. The summed E-state index contributed by atoms with van der Waals surface area (Å²) in [6, 6.07) is 6.44. The molecule has 0 N–H and O–H groups in total. The van der Waals surface area contributed by atoms with Crippen LogP contribution in [0.5, 0.6) is 5.75 Å². The van der Waals surface area contributed by atoms with Crippen LogP contribution in [0.1, 0.15) is 11.1 Å². The summed E-state index contributed by atoms with van der Waals surface area (Å²) in [6.07, 6.45) is 1.88. The number of rotatable bonds is 3. The van der Waals surface area contributed by atoms with Gasteiger partial charge in [0.15, 0.2) is 11.9 Å². The number of hydrogen-bond acceptors (Lipinski definition) is 6. The van der Waals surface area contributed by atoms with E-state index in [4.69, 9.17) is 9.47 Å². The molecule has 2 aliphatic heterocycles. The molecule has 0 bridgehead atoms. The van der Waals surface area contributed by atoms with Crippen molar-refractivity contribution in [2.45, 2.75) is 13.2 Å². The quantitative estimate of drug-likeness (QED) is 0.868. The van der Waals surface area contributed by atoms with Gasteiger partial charge < -0.3 is 14.4 Å². The highest BCUT2D eigenvalue weighted by molar-refractivity contribution is 7.13. The summed E-state index contributed by atoms with van der Waals surface area (Å²) in [7, 11) is 0. The van der Waals surface area contributed by atoms with Gasteiger partial charge in [-0.3, -0.25) is 4.90 Å². The number of thiazole rings is 1. The molecular formula is C16H19N3O2S. The highest BCUT2D eigenvalue weighted by Gasteiger charge is 2.19. The lowest BCUT2D eigenvalue weighted by atomic mass is 10.1. The molecule has 22 heavy (non-hydrogen) atoms. The van der Waals surface area contributed by atoms with Crippen LogP contribution >= 0.6 is 11.3 Å². The number of anilines is 1. The fourth-order valence-corrected chi connectivity index (χ4v) is 3.67. The Labute approximate surface area is 134 Å². The second kappa shape index (κ2) is 6.24. The van der Waals surface area contributed by atoms with E-state index in [1.165, 1.54) is 5.56 Å². The molecule has 2 aromatic rings. The van der Waals surface area contributed by atoms with Crippen LogP contribution in [0.3, 0.4) is 0 Å². The largest absolute Gasteiger partial charge is 0.467 e. The zero-order chi connectivity index (χ0) is 14.8. The Morgan fingerprint density at radius 1 is 1.18 bits per heavy atom. The van der Waals surface area contributed by atoms with Crippen LogP contribution in [-0.2, 0) is 17.9 Å². The number of fused-ring (bicyclic) bond motifs is 1. The maximum atomic E-state index is 5.48. The third-order valence-electron chi connectivity index (χ3n) is 4.15. The van der Waals surface area contributed by atoms with E-state index in [9.17, 15) is 0 Å². The predicted octanol–water partition coefficient (Wildman–Crippen LogP) is 2.33. The number of hydrogen-bond donors (Lipinski definition) is 0. The van der Waals surface area contributed by atoms with Crippen molar-refractivity contribution in [1.29, 1.82) is 0 Å². The van der Waals surface area contributed by atoms with Crippen molar-refractivity contribution in [2.75, 3.05) is 37.9 Å². The first kappa shape index (κ1) is 14.0. The Bertz CT molecular complexity index is 624. The summed E-state index contributed by atoms with van der Waals surface area (Å²) in [6.45, 7) is 6.24. The van der Waals surface area contributed by atoms with E-state index in [1.54, 1.807) is 11.3 Å². The van der Waals surface area contributed by atoms with Crippen molar-refractivity contribution in [3.05, 3.63) is 40.9 Å². The average Bonchev–Trinajstić information content (AvgIpc) is 3.10. The molecule has 0 radical (unpaired) electrons. The van der Waals surface area contributed by atoms with Crippen molar-refractivity contribution in [1.82, 2.24) is 9.88 Å². The van der Waals surface area contributed by atoms with Crippen LogP contribution in [0.2, 0.25) is 0 Å². The summed E-state index contributed by atoms with van der Waals surface area (Å²) >= 11 is 1.72. The van der Waals surface area contributed by atoms with E-state index >= 15 is 0 Å². The smallest absolute Gasteiger partial charge is 0.189 e. The number of nitrogens with zero attached hydrogens (tertiary/aromatic N) is 3. The first-order chi connectivity index (χ1) is 10.9. The molecule has 0 atom stereocenters. The molecule has 116 valence electrons. The second-order valence-electron chi connectivity index (χ2n) is 5.63. The third-order valence-corrected chi connectivity index (χ3v) is 4.98. The maximum Gasteiger partial charge on any atom is 0.189 e. The molecule has 0 saturated carbocycles. The van der Waals surface area contributed by atoms with Crippen LogP contribution in [0, 0.1) is 0 Å². The van der Waals surface area contributed by atoms with Crippen molar-refractivity contribution in [3.63, 3.8) is 0 Å². The minimum Gasteiger partial charge on any atom is -0.467 e. The summed E-state index contributed by atoms with van der Waals surface area (Å²) < 4.78 is 10.8. The van der Waals surface area contributed by atoms with Crippen molar-refractivity contribution in [3.8, 4) is 5.75 Å². The standard InChI is InChI=1S/C16H19N3O2S/c1-2-15-14(11-20-12-21-15)9-13(1)10-18-4-6-19(7-5-18)16-17-3-8-22-16/h1-3,8-9H,4-7,10-12H2. The molecule has 4 rings (SSSR count). The predicted molar refractivity (Wildman–Crippen MR) is 86.3 cm³/mol. The van der Waals surface area contributed by atoms with Gasteiger partial charge in [0, 0.05) is 49.9 Å². The Morgan fingerprint density at radius 3 is 2.91 bits per heavy atom. The third kappa shape index (κ3) is 2.95. The van der Waals surface area contributed by atoms with Gasteiger partial charge in [0.1, 0.15) is 5.75 Å². The molecule has 2 aliphatic rings. The molecule has 1 saturated heterocycles. The lowest BCUT2D eigenvalue weighted by Gasteiger charge is -2.34. The zero-order valence-corrected chi connectivity index (χ0v) is 13.2. The van der Waals surface area contributed by atoms with Gasteiger partial charge in [-0.25, -0.2) is 4.98 Å². The minimum atomic E-state index is 0.366. The summed E-state index contributed by atoms with van der Waals surface area (Å²) in [5, 5.41) is 3.18. The van der Waals surface area contributed by atoms with Gasteiger partial charge in [0.05, 0.1) is 6.61 Å². The average molecular weight is 317 g/mol. The fraction of sp³-hybridized carbons (Fsp3) is 0.438. The Morgan fingerprint density at radius 2 is 2.09 bits per heavy atom. The number of piperazine rings is 1. The minimum absolute atomic E-state index is 0.366. The van der Waals surface area contributed by atoms with E-state index in [1.807, 2.05) is 11.6 Å². The van der Waals surface area contributed by atoms with Crippen LogP contribution in [0.4, 0.5) is 5.13 Å². The van der Waals surface area contributed by atoms with Crippen molar-refractivity contribution >= 4 is 16.5 Å². The summed E-state index contributed by atoms with van der Waals surface area (Å²) in [5.74, 6) is 0.962. The zero-order valence-electron chi connectivity index (χ0n) is 12.4.